The molecule has 0 radical (unpaired) electrons. The summed E-state index contributed by atoms with van der Waals surface area (Å²) in [6.45, 7) is 2.09. The monoisotopic (exact) mass is 169 g/mol. The fourth-order valence-corrected chi connectivity index (χ4v) is 0.527. The molecule has 0 aliphatic heterocycles. The van der Waals surface area contributed by atoms with Crippen LogP contribution < -0.4 is 0 Å². The topological polar surface area (TPSA) is 43.7 Å². The molecular formula is C6H16ClNO2. The fraction of sp³-hybridized carbons (Fsp3) is 1.00. The molecule has 10 heavy (non-hydrogen) atoms. The van der Waals surface area contributed by atoms with Gasteiger partial charge in [0.2, 0.25) is 0 Å². The average molecular weight is 170 g/mol. The number of hydrogen-bond donors (Lipinski definition) is 2. The molecule has 0 aliphatic carbocycles. The molecule has 0 saturated heterocycles. The summed E-state index contributed by atoms with van der Waals surface area (Å²) in [4.78, 5) is 1.83. The van der Waals surface area contributed by atoms with Crippen LogP contribution in [0.4, 0.5) is 0 Å². The van der Waals surface area contributed by atoms with Crippen LogP contribution in [0.2, 0.25) is 0 Å². The summed E-state index contributed by atoms with van der Waals surface area (Å²) in [6, 6.07) is 0. The highest BCUT2D eigenvalue weighted by atomic mass is 35.5. The summed E-state index contributed by atoms with van der Waals surface area (Å²) >= 11 is 0. The summed E-state index contributed by atoms with van der Waals surface area (Å²) < 4.78 is 0. The van der Waals surface area contributed by atoms with E-state index in [2.05, 4.69) is 0 Å². The Bertz CT molecular complexity index is 78.1. The SMILES string of the molecule is CC(O)C(O)CN(C)C.Cl. The normalized spacial score (nSPS) is 16.2. The first-order chi connectivity index (χ1) is 4.04. The highest BCUT2D eigenvalue weighted by molar-refractivity contribution is 5.85. The van der Waals surface area contributed by atoms with Crippen LogP contribution >= 0.6 is 12.4 Å². The van der Waals surface area contributed by atoms with E-state index in [9.17, 15) is 0 Å². The Morgan fingerprint density at radius 1 is 1.30 bits per heavy atom. The molecule has 64 valence electrons. The van der Waals surface area contributed by atoms with Crippen molar-refractivity contribution in [2.24, 2.45) is 0 Å². The first kappa shape index (κ1) is 12.8. The molecule has 0 aromatic carbocycles. The van der Waals surface area contributed by atoms with E-state index in [0.717, 1.165) is 0 Å². The Kier molecular flexibility index (Phi) is 7.58. The minimum Gasteiger partial charge on any atom is -0.391 e. The third-order valence-corrected chi connectivity index (χ3v) is 1.11. The van der Waals surface area contributed by atoms with E-state index in [-0.39, 0.29) is 12.4 Å². The molecule has 0 aromatic heterocycles. The average Bonchev–Trinajstić information content (AvgIpc) is 1.63. The van der Waals surface area contributed by atoms with E-state index in [1.807, 2.05) is 19.0 Å². The molecule has 0 heterocycles. The second-order valence-electron chi connectivity index (χ2n) is 2.57. The van der Waals surface area contributed by atoms with Crippen LogP contribution in [0, 0.1) is 0 Å². The quantitative estimate of drug-likeness (QED) is 0.611. The first-order valence-corrected chi connectivity index (χ1v) is 3.05. The molecule has 0 rings (SSSR count). The molecule has 3 nitrogen and oxygen atoms in total. The first-order valence-electron chi connectivity index (χ1n) is 3.05. The van der Waals surface area contributed by atoms with E-state index in [1.165, 1.54) is 0 Å². The van der Waals surface area contributed by atoms with Gasteiger partial charge in [-0.3, -0.25) is 0 Å². The minimum absolute atomic E-state index is 0. The summed E-state index contributed by atoms with van der Waals surface area (Å²) in [5, 5.41) is 17.8. The molecule has 2 atom stereocenters. The number of aliphatic hydroxyl groups excluding tert-OH is 2. The Hall–Kier alpha value is 0.170. The molecule has 2 unspecified atom stereocenters. The van der Waals surface area contributed by atoms with Gasteiger partial charge >= 0.3 is 0 Å². The van der Waals surface area contributed by atoms with Crippen molar-refractivity contribution in [1.82, 2.24) is 4.90 Å². The van der Waals surface area contributed by atoms with Crippen LogP contribution in [0.15, 0.2) is 0 Å². The van der Waals surface area contributed by atoms with Gasteiger partial charge < -0.3 is 15.1 Å². The maximum atomic E-state index is 9.01. The minimum atomic E-state index is -0.632. The third kappa shape index (κ3) is 6.29. The molecule has 0 spiro atoms. The van der Waals surface area contributed by atoms with Gasteiger partial charge in [-0.15, -0.1) is 12.4 Å². The van der Waals surface area contributed by atoms with Crippen molar-refractivity contribution in [3.8, 4) is 0 Å². The van der Waals surface area contributed by atoms with Gasteiger partial charge in [-0.1, -0.05) is 0 Å². The van der Waals surface area contributed by atoms with Gasteiger partial charge in [-0.25, -0.2) is 0 Å². The molecule has 2 N–H and O–H groups in total. The largest absolute Gasteiger partial charge is 0.391 e. The Morgan fingerprint density at radius 2 is 1.70 bits per heavy atom. The van der Waals surface area contributed by atoms with Crippen LogP contribution in [0.5, 0.6) is 0 Å². The van der Waals surface area contributed by atoms with Gasteiger partial charge in [0.25, 0.3) is 0 Å². The smallest absolute Gasteiger partial charge is 0.0922 e. The lowest BCUT2D eigenvalue weighted by Crippen LogP contribution is -2.33. The molecule has 0 amide bonds. The highest BCUT2D eigenvalue weighted by Gasteiger charge is 2.10. The standard InChI is InChI=1S/C6H15NO2.ClH/c1-5(8)6(9)4-7(2)3;/h5-6,8-9H,4H2,1-3H3;1H. The lowest BCUT2D eigenvalue weighted by atomic mass is 10.2. The van der Waals surface area contributed by atoms with Gasteiger partial charge in [-0.2, -0.15) is 0 Å². The lowest BCUT2D eigenvalue weighted by Gasteiger charge is -2.17. The lowest BCUT2D eigenvalue weighted by molar-refractivity contribution is 0.0163. The van der Waals surface area contributed by atoms with Gasteiger partial charge in [0.15, 0.2) is 0 Å². The third-order valence-electron chi connectivity index (χ3n) is 1.11. The summed E-state index contributed by atoms with van der Waals surface area (Å²) in [6.07, 6.45) is -1.26. The Labute approximate surface area is 68.1 Å². The van der Waals surface area contributed by atoms with E-state index < -0.39 is 12.2 Å². The number of aliphatic hydroxyl groups is 2. The number of rotatable bonds is 3. The Balaban J connectivity index is 0. The predicted octanol–water partition coefficient (Wildman–Crippen LogP) is -0.289. The molecule has 0 saturated carbocycles. The van der Waals surface area contributed by atoms with Crippen molar-refractivity contribution >= 4 is 12.4 Å². The zero-order valence-corrected chi connectivity index (χ0v) is 7.43. The zero-order valence-electron chi connectivity index (χ0n) is 6.61. The Morgan fingerprint density at radius 3 is 1.80 bits per heavy atom. The van der Waals surface area contributed by atoms with E-state index >= 15 is 0 Å². The van der Waals surface area contributed by atoms with E-state index in [0.29, 0.717) is 6.54 Å². The molecular weight excluding hydrogens is 154 g/mol. The number of halogens is 1. The van der Waals surface area contributed by atoms with Crippen LogP contribution in [0.3, 0.4) is 0 Å². The van der Waals surface area contributed by atoms with Crippen LogP contribution in [0.25, 0.3) is 0 Å². The summed E-state index contributed by atoms with van der Waals surface area (Å²) in [7, 11) is 3.71. The van der Waals surface area contributed by atoms with Crippen molar-refractivity contribution in [2.75, 3.05) is 20.6 Å². The highest BCUT2D eigenvalue weighted by Crippen LogP contribution is 1.92. The summed E-state index contributed by atoms with van der Waals surface area (Å²) in [5.41, 5.74) is 0. The predicted molar refractivity (Wildman–Crippen MR) is 43.5 cm³/mol. The molecule has 0 fully saturated rings. The van der Waals surface area contributed by atoms with Crippen molar-refractivity contribution in [3.63, 3.8) is 0 Å². The molecule has 0 aliphatic rings. The van der Waals surface area contributed by atoms with Crippen molar-refractivity contribution in [3.05, 3.63) is 0 Å². The number of likely N-dealkylation sites (N-methyl/N-ethyl adjacent to an activating group) is 1. The van der Waals surface area contributed by atoms with E-state index in [4.69, 9.17) is 10.2 Å². The van der Waals surface area contributed by atoms with Crippen molar-refractivity contribution < 1.29 is 10.2 Å². The van der Waals surface area contributed by atoms with Gasteiger partial charge in [0.1, 0.15) is 0 Å². The van der Waals surface area contributed by atoms with Crippen molar-refractivity contribution in [2.45, 2.75) is 19.1 Å². The maximum absolute atomic E-state index is 9.01. The number of nitrogens with zero attached hydrogens (tertiary/aromatic N) is 1. The second kappa shape index (κ2) is 5.92. The van der Waals surface area contributed by atoms with E-state index in [1.54, 1.807) is 6.92 Å². The van der Waals surface area contributed by atoms with Crippen LogP contribution in [-0.4, -0.2) is 48.0 Å². The van der Waals surface area contributed by atoms with Crippen LogP contribution in [-0.2, 0) is 0 Å². The maximum Gasteiger partial charge on any atom is 0.0922 e. The number of hydrogen-bond acceptors (Lipinski definition) is 3. The zero-order chi connectivity index (χ0) is 7.44. The fourth-order valence-electron chi connectivity index (χ4n) is 0.527. The molecule has 0 bridgehead atoms. The van der Waals surface area contributed by atoms with Gasteiger partial charge in [0, 0.05) is 6.54 Å². The summed E-state index contributed by atoms with van der Waals surface area (Å²) in [5.74, 6) is 0. The molecule has 0 aromatic rings. The second-order valence-corrected chi connectivity index (χ2v) is 2.57. The molecule has 4 heteroatoms. The van der Waals surface area contributed by atoms with Gasteiger partial charge in [0.05, 0.1) is 12.2 Å². The van der Waals surface area contributed by atoms with Crippen molar-refractivity contribution in [1.29, 1.82) is 0 Å². The van der Waals surface area contributed by atoms with Crippen LogP contribution in [0.1, 0.15) is 6.92 Å². The van der Waals surface area contributed by atoms with Gasteiger partial charge in [-0.05, 0) is 21.0 Å².